The summed E-state index contributed by atoms with van der Waals surface area (Å²) in [5.74, 6) is 0.345. The second-order valence-corrected chi connectivity index (χ2v) is 9.75. The minimum absolute atomic E-state index is 0.133. The summed E-state index contributed by atoms with van der Waals surface area (Å²) in [6.45, 7) is 5.74. The number of hydrogen-bond acceptors (Lipinski definition) is 4. The molecular formula is C26H30N2O4S. The molecule has 0 aliphatic carbocycles. The maximum atomic E-state index is 13.4. The number of amides is 1. The number of para-hydroxylation sites is 1. The summed E-state index contributed by atoms with van der Waals surface area (Å²) >= 11 is 0. The van der Waals surface area contributed by atoms with Crippen LogP contribution in [0.25, 0.3) is 0 Å². The van der Waals surface area contributed by atoms with Crippen LogP contribution in [0.15, 0.2) is 83.8 Å². The van der Waals surface area contributed by atoms with Gasteiger partial charge in [0.2, 0.25) is 5.91 Å². The van der Waals surface area contributed by atoms with Crippen LogP contribution in [0.2, 0.25) is 0 Å². The van der Waals surface area contributed by atoms with Crippen molar-refractivity contribution in [2.45, 2.75) is 38.1 Å². The number of carbonyl (C=O) groups is 1. The third kappa shape index (κ3) is 6.35. The molecule has 0 aliphatic rings. The number of nitrogens with one attached hydrogen (secondary N) is 1. The van der Waals surface area contributed by atoms with Gasteiger partial charge in [0.1, 0.15) is 18.9 Å². The molecule has 1 amide bonds. The highest BCUT2D eigenvalue weighted by Gasteiger charge is 2.27. The lowest BCUT2D eigenvalue weighted by Gasteiger charge is -2.25. The molecule has 0 aliphatic heterocycles. The van der Waals surface area contributed by atoms with Crippen LogP contribution >= 0.6 is 0 Å². The van der Waals surface area contributed by atoms with Crippen LogP contribution in [0.5, 0.6) is 5.75 Å². The fraction of sp³-hybridized carbons (Fsp3) is 0.269. The molecule has 6 nitrogen and oxygen atoms in total. The first kappa shape index (κ1) is 24.3. The number of aryl methyl sites for hydroxylation is 2. The van der Waals surface area contributed by atoms with Crippen LogP contribution in [-0.4, -0.2) is 33.5 Å². The van der Waals surface area contributed by atoms with Gasteiger partial charge in [-0.15, -0.1) is 0 Å². The monoisotopic (exact) mass is 466 g/mol. The molecule has 1 atom stereocenters. The second-order valence-electron chi connectivity index (χ2n) is 7.89. The second kappa shape index (κ2) is 11.0. The summed E-state index contributed by atoms with van der Waals surface area (Å²) < 4.78 is 33.7. The molecule has 0 radical (unpaired) electrons. The summed E-state index contributed by atoms with van der Waals surface area (Å²) in [5.41, 5.74) is 2.53. The average molecular weight is 467 g/mol. The van der Waals surface area contributed by atoms with E-state index in [4.69, 9.17) is 4.74 Å². The summed E-state index contributed by atoms with van der Waals surface area (Å²) in [6, 6.07) is 22.7. The predicted octanol–water partition coefficient (Wildman–Crippen LogP) is 4.34. The van der Waals surface area contributed by atoms with E-state index in [-0.39, 0.29) is 24.1 Å². The molecule has 0 saturated carbocycles. The molecule has 0 heterocycles. The Balaban J connectivity index is 1.75. The van der Waals surface area contributed by atoms with Crippen molar-refractivity contribution < 1.29 is 17.9 Å². The summed E-state index contributed by atoms with van der Waals surface area (Å²) in [5, 5.41) is 2.85. The third-order valence-corrected chi connectivity index (χ3v) is 7.03. The molecule has 0 saturated heterocycles. The fourth-order valence-corrected chi connectivity index (χ4v) is 4.80. The standard InChI is InChI=1S/C26H30N2O4S/c1-4-22-14-16-23(17-15-22)28(33(30,31)24-11-6-5-7-12-24)18-26(29)27-21(3)19-32-25-13-9-8-10-20(25)2/h5-17,21H,4,18-19H2,1-3H3,(H,27,29). The average Bonchev–Trinajstić information content (AvgIpc) is 2.82. The third-order valence-electron chi connectivity index (χ3n) is 5.24. The van der Waals surface area contributed by atoms with Gasteiger partial charge in [-0.25, -0.2) is 8.42 Å². The van der Waals surface area contributed by atoms with Gasteiger partial charge in [0.25, 0.3) is 10.0 Å². The molecule has 0 spiro atoms. The Morgan fingerprint density at radius 1 is 0.970 bits per heavy atom. The smallest absolute Gasteiger partial charge is 0.264 e. The zero-order valence-electron chi connectivity index (χ0n) is 19.2. The van der Waals surface area contributed by atoms with E-state index in [1.54, 1.807) is 30.3 Å². The zero-order valence-corrected chi connectivity index (χ0v) is 20.0. The maximum Gasteiger partial charge on any atom is 0.264 e. The van der Waals surface area contributed by atoms with Crippen molar-refractivity contribution in [3.63, 3.8) is 0 Å². The molecule has 1 unspecified atom stereocenters. The van der Waals surface area contributed by atoms with Crippen molar-refractivity contribution in [3.05, 3.63) is 90.0 Å². The van der Waals surface area contributed by atoms with Crippen molar-refractivity contribution >= 4 is 21.6 Å². The van der Waals surface area contributed by atoms with E-state index in [0.717, 1.165) is 27.6 Å². The number of benzene rings is 3. The number of rotatable bonds is 10. The predicted molar refractivity (Wildman–Crippen MR) is 131 cm³/mol. The number of ether oxygens (including phenoxy) is 1. The van der Waals surface area contributed by atoms with Gasteiger partial charge < -0.3 is 10.1 Å². The number of sulfonamides is 1. The van der Waals surface area contributed by atoms with Gasteiger partial charge in [0.15, 0.2) is 0 Å². The van der Waals surface area contributed by atoms with Crippen LogP contribution in [0, 0.1) is 6.92 Å². The first-order chi connectivity index (χ1) is 15.8. The maximum absolute atomic E-state index is 13.4. The minimum atomic E-state index is -3.92. The first-order valence-corrected chi connectivity index (χ1v) is 12.4. The Morgan fingerprint density at radius 2 is 1.61 bits per heavy atom. The normalized spacial score (nSPS) is 12.1. The molecule has 33 heavy (non-hydrogen) atoms. The molecule has 7 heteroatoms. The van der Waals surface area contributed by atoms with E-state index < -0.39 is 15.9 Å². The highest BCUT2D eigenvalue weighted by molar-refractivity contribution is 7.92. The number of carbonyl (C=O) groups excluding carboxylic acids is 1. The molecular weight excluding hydrogens is 436 g/mol. The lowest BCUT2D eigenvalue weighted by Crippen LogP contribution is -2.45. The van der Waals surface area contributed by atoms with Crippen LogP contribution < -0.4 is 14.4 Å². The van der Waals surface area contributed by atoms with Crippen LogP contribution in [-0.2, 0) is 21.2 Å². The van der Waals surface area contributed by atoms with E-state index in [9.17, 15) is 13.2 Å². The highest BCUT2D eigenvalue weighted by Crippen LogP contribution is 2.24. The van der Waals surface area contributed by atoms with Crippen LogP contribution in [0.4, 0.5) is 5.69 Å². The summed E-state index contributed by atoms with van der Waals surface area (Å²) in [6.07, 6.45) is 0.838. The number of anilines is 1. The van der Waals surface area contributed by atoms with E-state index >= 15 is 0 Å². The van der Waals surface area contributed by atoms with Crippen molar-refractivity contribution in [1.82, 2.24) is 5.32 Å². The zero-order chi connectivity index (χ0) is 23.8. The Bertz CT molecular complexity index is 1160. The molecule has 1 N–H and O–H groups in total. The van der Waals surface area contributed by atoms with E-state index in [1.807, 2.05) is 57.2 Å². The molecule has 3 aromatic rings. The Morgan fingerprint density at radius 3 is 2.24 bits per heavy atom. The van der Waals surface area contributed by atoms with Gasteiger partial charge in [-0.05, 0) is 61.7 Å². The Labute approximate surface area is 196 Å². The SMILES string of the molecule is CCc1ccc(N(CC(=O)NC(C)COc2ccccc2C)S(=O)(=O)c2ccccc2)cc1. The van der Waals surface area contributed by atoms with E-state index in [2.05, 4.69) is 5.32 Å². The van der Waals surface area contributed by atoms with Crippen LogP contribution in [0.1, 0.15) is 25.0 Å². The summed E-state index contributed by atoms with van der Waals surface area (Å²) in [7, 11) is -3.92. The lowest BCUT2D eigenvalue weighted by molar-refractivity contribution is -0.120. The van der Waals surface area contributed by atoms with Gasteiger partial charge in [-0.1, -0.05) is 55.5 Å². The quantitative estimate of drug-likeness (QED) is 0.482. The van der Waals surface area contributed by atoms with E-state index in [0.29, 0.717) is 5.69 Å². The van der Waals surface area contributed by atoms with Gasteiger partial charge in [0, 0.05) is 0 Å². The van der Waals surface area contributed by atoms with Crippen molar-refractivity contribution in [3.8, 4) is 5.75 Å². The van der Waals surface area contributed by atoms with Crippen molar-refractivity contribution in [1.29, 1.82) is 0 Å². The molecule has 0 fully saturated rings. The minimum Gasteiger partial charge on any atom is -0.491 e. The van der Waals surface area contributed by atoms with E-state index in [1.165, 1.54) is 12.1 Å². The lowest BCUT2D eigenvalue weighted by atomic mass is 10.1. The van der Waals surface area contributed by atoms with Crippen molar-refractivity contribution in [2.24, 2.45) is 0 Å². The number of nitrogens with zero attached hydrogens (tertiary/aromatic N) is 1. The Hall–Kier alpha value is -3.32. The Kier molecular flexibility index (Phi) is 8.11. The van der Waals surface area contributed by atoms with Gasteiger partial charge in [0.05, 0.1) is 16.6 Å². The van der Waals surface area contributed by atoms with Gasteiger partial charge >= 0.3 is 0 Å². The topological polar surface area (TPSA) is 75.7 Å². The molecule has 3 rings (SSSR count). The highest BCUT2D eigenvalue weighted by atomic mass is 32.2. The molecule has 3 aromatic carbocycles. The van der Waals surface area contributed by atoms with Crippen molar-refractivity contribution in [2.75, 3.05) is 17.5 Å². The molecule has 0 aromatic heterocycles. The first-order valence-electron chi connectivity index (χ1n) is 11.0. The molecule has 0 bridgehead atoms. The fourth-order valence-electron chi connectivity index (χ4n) is 3.36. The van der Waals surface area contributed by atoms with Gasteiger partial charge in [-0.2, -0.15) is 0 Å². The van der Waals surface area contributed by atoms with Gasteiger partial charge in [-0.3, -0.25) is 9.10 Å². The number of hydrogen-bond donors (Lipinski definition) is 1. The molecule has 174 valence electrons. The largest absolute Gasteiger partial charge is 0.491 e. The van der Waals surface area contributed by atoms with Crippen LogP contribution in [0.3, 0.4) is 0 Å². The summed E-state index contributed by atoms with van der Waals surface area (Å²) in [4.78, 5) is 13.0.